The second kappa shape index (κ2) is 7.80. The summed E-state index contributed by atoms with van der Waals surface area (Å²) in [6.45, 7) is 5.95. The van der Waals surface area contributed by atoms with Gasteiger partial charge in [0, 0.05) is 12.6 Å². The first-order valence-corrected chi connectivity index (χ1v) is 6.76. The molecule has 0 heterocycles. The van der Waals surface area contributed by atoms with Crippen LogP contribution in [0.25, 0.3) is 6.08 Å². The molecule has 1 rings (SSSR count). The number of hydrogen-bond acceptors (Lipinski definition) is 2. The molecule has 0 amide bonds. The monoisotopic (exact) mass is 279 g/mol. The fourth-order valence-corrected chi connectivity index (χ4v) is 1.90. The van der Waals surface area contributed by atoms with E-state index in [1.807, 2.05) is 13.1 Å². The van der Waals surface area contributed by atoms with Crippen LogP contribution in [0.15, 0.2) is 24.3 Å². The molecule has 0 aromatic heterocycles. The van der Waals surface area contributed by atoms with Gasteiger partial charge in [-0.1, -0.05) is 19.9 Å². The fourth-order valence-electron chi connectivity index (χ4n) is 1.90. The molecular weight excluding hydrogens is 257 g/mol. The van der Waals surface area contributed by atoms with Gasteiger partial charge in [0.1, 0.15) is 5.82 Å². The molecule has 1 aromatic carbocycles. The predicted octanol–water partition coefficient (Wildman–Crippen LogP) is 3.40. The van der Waals surface area contributed by atoms with Crippen LogP contribution in [0.5, 0.6) is 0 Å². The van der Waals surface area contributed by atoms with Gasteiger partial charge in [0.15, 0.2) is 0 Å². The summed E-state index contributed by atoms with van der Waals surface area (Å²) in [5.41, 5.74) is 1.42. The van der Waals surface area contributed by atoms with Crippen molar-refractivity contribution in [1.82, 2.24) is 4.90 Å². The lowest BCUT2D eigenvalue weighted by atomic mass is 10.1. The highest BCUT2D eigenvalue weighted by atomic mass is 19.1. The molecule has 0 fully saturated rings. The maximum atomic E-state index is 13.5. The van der Waals surface area contributed by atoms with Crippen LogP contribution in [0.2, 0.25) is 0 Å². The second-order valence-electron chi connectivity index (χ2n) is 5.48. The first-order valence-electron chi connectivity index (χ1n) is 6.76. The SMILES string of the molecule is CC(C)CCN(C)Cc1cc(F)cc(C=CC(=O)O)c1. The zero-order valence-electron chi connectivity index (χ0n) is 12.3. The van der Waals surface area contributed by atoms with Gasteiger partial charge in [0.2, 0.25) is 0 Å². The van der Waals surface area contributed by atoms with Crippen LogP contribution < -0.4 is 0 Å². The second-order valence-corrected chi connectivity index (χ2v) is 5.48. The first-order chi connectivity index (χ1) is 9.36. The molecule has 0 atom stereocenters. The molecule has 0 bridgehead atoms. The lowest BCUT2D eigenvalue weighted by molar-refractivity contribution is -0.131. The molecule has 0 saturated carbocycles. The lowest BCUT2D eigenvalue weighted by Crippen LogP contribution is -2.20. The van der Waals surface area contributed by atoms with E-state index in [-0.39, 0.29) is 5.82 Å². The van der Waals surface area contributed by atoms with Crippen molar-refractivity contribution in [2.45, 2.75) is 26.8 Å². The van der Waals surface area contributed by atoms with Gasteiger partial charge < -0.3 is 10.0 Å². The van der Waals surface area contributed by atoms with Gasteiger partial charge in [-0.2, -0.15) is 0 Å². The van der Waals surface area contributed by atoms with Crippen molar-refractivity contribution in [2.24, 2.45) is 5.92 Å². The van der Waals surface area contributed by atoms with E-state index in [0.29, 0.717) is 18.0 Å². The van der Waals surface area contributed by atoms with E-state index in [1.165, 1.54) is 18.2 Å². The molecule has 1 aromatic rings. The summed E-state index contributed by atoms with van der Waals surface area (Å²) in [5, 5.41) is 8.59. The topological polar surface area (TPSA) is 40.5 Å². The standard InChI is InChI=1S/C16H22FNO2/c1-12(2)6-7-18(3)11-14-8-13(4-5-16(19)20)9-15(17)10-14/h4-5,8-10,12H,6-7,11H2,1-3H3,(H,19,20). The van der Waals surface area contributed by atoms with E-state index in [2.05, 4.69) is 18.7 Å². The Hall–Kier alpha value is -1.68. The van der Waals surface area contributed by atoms with E-state index in [4.69, 9.17) is 5.11 Å². The molecule has 0 aliphatic heterocycles. The number of benzene rings is 1. The van der Waals surface area contributed by atoms with Gasteiger partial charge in [-0.3, -0.25) is 0 Å². The Labute approximate surface area is 119 Å². The van der Waals surface area contributed by atoms with E-state index in [0.717, 1.165) is 24.6 Å². The molecule has 0 saturated heterocycles. The number of rotatable bonds is 7. The number of carboxylic acids is 1. The number of aliphatic carboxylic acids is 1. The van der Waals surface area contributed by atoms with E-state index >= 15 is 0 Å². The molecular formula is C16H22FNO2. The molecule has 3 nitrogen and oxygen atoms in total. The first kappa shape index (κ1) is 16.4. The summed E-state index contributed by atoms with van der Waals surface area (Å²) in [6.07, 6.45) is 3.52. The zero-order valence-corrected chi connectivity index (χ0v) is 12.3. The highest BCUT2D eigenvalue weighted by Gasteiger charge is 2.05. The van der Waals surface area contributed by atoms with Crippen molar-refractivity contribution < 1.29 is 14.3 Å². The van der Waals surface area contributed by atoms with Crippen molar-refractivity contribution in [3.8, 4) is 0 Å². The summed E-state index contributed by atoms with van der Waals surface area (Å²) < 4.78 is 13.5. The minimum absolute atomic E-state index is 0.343. The Morgan fingerprint density at radius 2 is 2.10 bits per heavy atom. The maximum Gasteiger partial charge on any atom is 0.328 e. The van der Waals surface area contributed by atoms with E-state index in [1.54, 1.807) is 0 Å². The van der Waals surface area contributed by atoms with Gasteiger partial charge in [-0.15, -0.1) is 0 Å². The fraction of sp³-hybridized carbons (Fsp3) is 0.438. The van der Waals surface area contributed by atoms with Crippen molar-refractivity contribution in [3.63, 3.8) is 0 Å². The molecule has 20 heavy (non-hydrogen) atoms. The predicted molar refractivity (Wildman–Crippen MR) is 78.9 cm³/mol. The molecule has 0 aliphatic carbocycles. The van der Waals surface area contributed by atoms with Crippen molar-refractivity contribution in [1.29, 1.82) is 0 Å². The van der Waals surface area contributed by atoms with Crippen LogP contribution in [-0.2, 0) is 11.3 Å². The number of carbonyl (C=O) groups is 1. The van der Waals surface area contributed by atoms with Crippen LogP contribution in [0, 0.1) is 11.7 Å². The average molecular weight is 279 g/mol. The minimum Gasteiger partial charge on any atom is -0.478 e. The molecule has 0 aliphatic rings. The molecule has 4 heteroatoms. The highest BCUT2D eigenvalue weighted by molar-refractivity contribution is 5.85. The molecule has 110 valence electrons. The van der Waals surface area contributed by atoms with E-state index < -0.39 is 5.97 Å². The molecule has 1 N–H and O–H groups in total. The lowest BCUT2D eigenvalue weighted by Gasteiger charge is -2.18. The van der Waals surface area contributed by atoms with Gasteiger partial charge >= 0.3 is 5.97 Å². The van der Waals surface area contributed by atoms with Gasteiger partial charge in [0.25, 0.3) is 0 Å². The third-order valence-electron chi connectivity index (χ3n) is 2.94. The normalized spacial score (nSPS) is 11.7. The quantitative estimate of drug-likeness (QED) is 0.778. The van der Waals surface area contributed by atoms with Gasteiger partial charge in [-0.25, -0.2) is 9.18 Å². The Morgan fingerprint density at radius 1 is 1.40 bits per heavy atom. The van der Waals surface area contributed by atoms with E-state index in [9.17, 15) is 9.18 Å². The van der Waals surface area contributed by atoms with Crippen LogP contribution >= 0.6 is 0 Å². The third kappa shape index (κ3) is 6.48. The number of nitrogens with zero attached hydrogens (tertiary/aromatic N) is 1. The summed E-state index contributed by atoms with van der Waals surface area (Å²) in [7, 11) is 2.00. The molecule has 0 spiro atoms. The smallest absolute Gasteiger partial charge is 0.328 e. The third-order valence-corrected chi connectivity index (χ3v) is 2.94. The number of carboxylic acid groups (broad SMARTS) is 1. The van der Waals surface area contributed by atoms with Crippen molar-refractivity contribution in [3.05, 3.63) is 41.2 Å². The number of hydrogen-bond donors (Lipinski definition) is 1. The largest absolute Gasteiger partial charge is 0.478 e. The summed E-state index contributed by atoms with van der Waals surface area (Å²) >= 11 is 0. The van der Waals surface area contributed by atoms with Gasteiger partial charge in [-0.05, 0) is 55.3 Å². The Kier molecular flexibility index (Phi) is 6.39. The molecule has 0 unspecified atom stereocenters. The van der Waals surface area contributed by atoms with Crippen LogP contribution in [0.3, 0.4) is 0 Å². The Bertz CT molecular complexity index is 483. The van der Waals surface area contributed by atoms with Crippen LogP contribution in [0.4, 0.5) is 4.39 Å². The van der Waals surface area contributed by atoms with Crippen molar-refractivity contribution >= 4 is 12.0 Å². The summed E-state index contributed by atoms with van der Waals surface area (Å²) in [4.78, 5) is 12.6. The summed E-state index contributed by atoms with van der Waals surface area (Å²) in [5.74, 6) is -0.742. The molecule has 0 radical (unpaired) electrons. The zero-order chi connectivity index (χ0) is 15.1. The van der Waals surface area contributed by atoms with Gasteiger partial charge in [0.05, 0.1) is 0 Å². The van der Waals surface area contributed by atoms with Crippen LogP contribution in [0.1, 0.15) is 31.4 Å². The minimum atomic E-state index is -1.04. The average Bonchev–Trinajstić information content (AvgIpc) is 2.33. The highest BCUT2D eigenvalue weighted by Crippen LogP contribution is 2.13. The van der Waals surface area contributed by atoms with Crippen LogP contribution in [-0.4, -0.2) is 29.6 Å². The number of halogens is 1. The summed E-state index contributed by atoms with van der Waals surface area (Å²) in [6, 6.07) is 4.63. The van der Waals surface area contributed by atoms with Crippen molar-refractivity contribution in [2.75, 3.05) is 13.6 Å². The Balaban J connectivity index is 2.72. The maximum absolute atomic E-state index is 13.5. The Morgan fingerprint density at radius 3 is 2.70 bits per heavy atom.